The van der Waals surface area contributed by atoms with Gasteiger partial charge >= 0.3 is 0 Å². The number of benzene rings is 1. The molecule has 1 aromatic carbocycles. The summed E-state index contributed by atoms with van der Waals surface area (Å²) in [7, 11) is 1.57. The van der Waals surface area contributed by atoms with E-state index in [1.54, 1.807) is 14.0 Å². The summed E-state index contributed by atoms with van der Waals surface area (Å²) in [4.78, 5) is 10.9. The first-order valence-corrected chi connectivity index (χ1v) is 7.80. The zero-order valence-corrected chi connectivity index (χ0v) is 14.8. The first kappa shape index (κ1) is 15.3. The lowest BCUT2D eigenvalue weighted by Crippen LogP contribution is -2.43. The van der Waals surface area contributed by atoms with Gasteiger partial charge in [0.15, 0.2) is 4.87 Å². The second-order valence-corrected chi connectivity index (χ2v) is 7.06. The Balaban J connectivity index is 2.47. The van der Waals surface area contributed by atoms with E-state index in [-0.39, 0.29) is 5.91 Å². The van der Waals surface area contributed by atoms with Gasteiger partial charge in [-0.15, -0.1) is 11.6 Å². The maximum Gasteiger partial charge on any atom is 0.271 e. The number of carbonyl (C=O) groups is 1. The Morgan fingerprint density at radius 1 is 1.42 bits per heavy atom. The highest BCUT2D eigenvalue weighted by Gasteiger charge is 2.52. The van der Waals surface area contributed by atoms with Crippen molar-refractivity contribution >= 4 is 66.7 Å². The minimum absolute atomic E-state index is 0.318. The van der Waals surface area contributed by atoms with Crippen LogP contribution < -0.4 is 0 Å². The first-order chi connectivity index (χ1) is 8.78. The van der Waals surface area contributed by atoms with Crippen LogP contribution in [0.1, 0.15) is 17.9 Å². The number of halogens is 4. The number of hydrogen-bond donors (Lipinski definition) is 0. The molecule has 1 aliphatic heterocycles. The van der Waals surface area contributed by atoms with Gasteiger partial charge in [-0.05, 0) is 24.6 Å². The zero-order valence-electron chi connectivity index (χ0n) is 10.1. The molecule has 0 N–H and O–H groups in total. The van der Waals surface area contributed by atoms with Crippen LogP contribution in [-0.2, 0) is 4.79 Å². The van der Waals surface area contributed by atoms with Crippen LogP contribution in [0, 0.1) is 0 Å². The van der Waals surface area contributed by atoms with Crippen LogP contribution in [0.25, 0.3) is 0 Å². The summed E-state index contributed by atoms with van der Waals surface area (Å²) < 4.78 is 1.70. The van der Waals surface area contributed by atoms with Crippen molar-refractivity contribution in [2.45, 2.75) is 17.2 Å². The molecule has 0 fully saturated rings. The SMILES string of the molecule is CC1=NN(C)C(=O)C1(Cl)C(Cl)c1ccc(Br)cc1Br. The fraction of sp³-hybridized carbons (Fsp3) is 0.333. The average molecular weight is 429 g/mol. The summed E-state index contributed by atoms with van der Waals surface area (Å²) in [5, 5.41) is 4.59. The van der Waals surface area contributed by atoms with Crippen LogP contribution in [0.5, 0.6) is 0 Å². The zero-order chi connectivity index (χ0) is 14.4. The highest BCUT2D eigenvalue weighted by atomic mass is 79.9. The quantitative estimate of drug-likeness (QED) is 0.646. The molecule has 3 nitrogen and oxygen atoms in total. The predicted molar refractivity (Wildman–Crippen MR) is 84.9 cm³/mol. The van der Waals surface area contributed by atoms with Crippen molar-refractivity contribution < 1.29 is 4.79 Å². The lowest BCUT2D eigenvalue weighted by atomic mass is 9.93. The molecule has 0 saturated carbocycles. The van der Waals surface area contributed by atoms with Gasteiger partial charge in [0, 0.05) is 16.0 Å². The molecule has 7 heteroatoms. The molecule has 1 aliphatic rings. The normalized spacial score (nSPS) is 24.6. The van der Waals surface area contributed by atoms with Crippen LogP contribution >= 0.6 is 55.1 Å². The van der Waals surface area contributed by atoms with Crippen molar-refractivity contribution in [2.75, 3.05) is 7.05 Å². The fourth-order valence-electron chi connectivity index (χ4n) is 1.95. The van der Waals surface area contributed by atoms with Gasteiger partial charge in [0.2, 0.25) is 0 Å². The molecule has 2 rings (SSSR count). The molecule has 0 bridgehead atoms. The monoisotopic (exact) mass is 426 g/mol. The van der Waals surface area contributed by atoms with Crippen molar-refractivity contribution in [1.82, 2.24) is 5.01 Å². The van der Waals surface area contributed by atoms with E-state index >= 15 is 0 Å². The summed E-state index contributed by atoms with van der Waals surface area (Å²) >= 11 is 19.7. The summed E-state index contributed by atoms with van der Waals surface area (Å²) in [5.74, 6) is -0.318. The highest BCUT2D eigenvalue weighted by Crippen LogP contribution is 2.45. The van der Waals surface area contributed by atoms with Crippen molar-refractivity contribution in [3.63, 3.8) is 0 Å². The van der Waals surface area contributed by atoms with E-state index in [0.29, 0.717) is 5.71 Å². The van der Waals surface area contributed by atoms with E-state index in [2.05, 4.69) is 37.0 Å². The van der Waals surface area contributed by atoms with Crippen LogP contribution in [0.4, 0.5) is 0 Å². The number of nitrogens with zero attached hydrogens (tertiary/aromatic N) is 2. The minimum atomic E-state index is -1.34. The molecule has 0 spiro atoms. The summed E-state index contributed by atoms with van der Waals surface area (Å²) in [6.45, 7) is 1.70. The molecule has 2 unspecified atom stereocenters. The third kappa shape index (κ3) is 2.46. The predicted octanol–water partition coefficient (Wildman–Crippen LogP) is 4.32. The molecule has 2 atom stereocenters. The number of carbonyl (C=O) groups excluding carboxylic acids is 1. The van der Waals surface area contributed by atoms with Crippen LogP contribution in [0.3, 0.4) is 0 Å². The number of hydrogen-bond acceptors (Lipinski definition) is 2. The van der Waals surface area contributed by atoms with E-state index < -0.39 is 10.3 Å². The van der Waals surface area contributed by atoms with E-state index in [4.69, 9.17) is 23.2 Å². The summed E-state index contributed by atoms with van der Waals surface area (Å²) in [6.07, 6.45) is 0. The highest BCUT2D eigenvalue weighted by molar-refractivity contribution is 9.11. The van der Waals surface area contributed by atoms with E-state index in [9.17, 15) is 4.79 Å². The van der Waals surface area contributed by atoms with E-state index in [0.717, 1.165) is 14.5 Å². The summed E-state index contributed by atoms with van der Waals surface area (Å²) in [5.41, 5.74) is 1.24. The van der Waals surface area contributed by atoms with Crippen molar-refractivity contribution in [2.24, 2.45) is 5.10 Å². The number of amides is 1. The Kier molecular flexibility index (Phi) is 4.31. The smallest absolute Gasteiger partial charge is 0.270 e. The lowest BCUT2D eigenvalue weighted by molar-refractivity contribution is -0.129. The Bertz CT molecular complexity index is 579. The van der Waals surface area contributed by atoms with Gasteiger partial charge in [0.1, 0.15) is 0 Å². The van der Waals surface area contributed by atoms with Gasteiger partial charge in [-0.3, -0.25) is 4.79 Å². The lowest BCUT2D eigenvalue weighted by Gasteiger charge is -2.26. The van der Waals surface area contributed by atoms with Gasteiger partial charge in [-0.2, -0.15) is 5.10 Å². The number of alkyl halides is 2. The first-order valence-electron chi connectivity index (χ1n) is 5.40. The molecule has 102 valence electrons. The van der Waals surface area contributed by atoms with Crippen molar-refractivity contribution in [1.29, 1.82) is 0 Å². The Labute approximate surface area is 138 Å². The Hall–Kier alpha value is -0.100. The number of hydrazone groups is 1. The van der Waals surface area contributed by atoms with E-state index in [1.807, 2.05) is 18.2 Å². The molecule has 1 heterocycles. The molecule has 1 aromatic rings. The molecular weight excluding hydrogens is 419 g/mol. The standard InChI is InChI=1S/C12H10Br2Cl2N2O/c1-6-12(16,11(19)18(2)17-6)10(15)8-4-3-7(13)5-9(8)14/h3-5,10H,1-2H3. The Morgan fingerprint density at radius 3 is 2.53 bits per heavy atom. The van der Waals surface area contributed by atoms with Crippen molar-refractivity contribution in [3.8, 4) is 0 Å². The number of rotatable bonds is 2. The molecule has 0 aromatic heterocycles. The Morgan fingerprint density at radius 2 is 2.05 bits per heavy atom. The maximum absolute atomic E-state index is 12.2. The van der Waals surface area contributed by atoms with Crippen LogP contribution in [0.15, 0.2) is 32.2 Å². The average Bonchev–Trinajstić information content (AvgIpc) is 2.53. The molecule has 0 aliphatic carbocycles. The summed E-state index contributed by atoms with van der Waals surface area (Å²) in [6, 6.07) is 5.54. The van der Waals surface area contributed by atoms with Crippen molar-refractivity contribution in [3.05, 3.63) is 32.7 Å². The molecule has 0 radical (unpaired) electrons. The molecule has 1 amide bonds. The molecule has 19 heavy (non-hydrogen) atoms. The largest absolute Gasteiger partial charge is 0.271 e. The fourth-order valence-corrected chi connectivity index (χ4v) is 4.07. The van der Waals surface area contributed by atoms with Gasteiger partial charge in [0.05, 0.1) is 11.1 Å². The topological polar surface area (TPSA) is 32.7 Å². The van der Waals surface area contributed by atoms with Gasteiger partial charge in [-0.25, -0.2) is 5.01 Å². The molecule has 0 saturated heterocycles. The van der Waals surface area contributed by atoms with E-state index in [1.165, 1.54) is 5.01 Å². The third-order valence-electron chi connectivity index (χ3n) is 3.02. The molecular formula is C12H10Br2Cl2N2O. The third-order valence-corrected chi connectivity index (χ3v) is 5.52. The maximum atomic E-state index is 12.2. The second kappa shape index (κ2) is 5.35. The van der Waals surface area contributed by atoms with Crippen LogP contribution in [0.2, 0.25) is 0 Å². The van der Waals surface area contributed by atoms with Gasteiger partial charge < -0.3 is 0 Å². The van der Waals surface area contributed by atoms with Gasteiger partial charge in [-0.1, -0.05) is 49.5 Å². The van der Waals surface area contributed by atoms with Gasteiger partial charge in [0.25, 0.3) is 5.91 Å². The minimum Gasteiger partial charge on any atom is -0.270 e. The second-order valence-electron chi connectivity index (χ2n) is 4.25. The van der Waals surface area contributed by atoms with Crippen LogP contribution in [-0.4, -0.2) is 28.5 Å².